The average Bonchev–Trinajstić information content (AvgIpc) is 2.27. The minimum absolute atomic E-state index is 0.370. The Labute approximate surface area is 108 Å². The Balaban J connectivity index is 1.84. The van der Waals surface area contributed by atoms with Crippen LogP contribution >= 0.6 is 0 Å². The monoisotopic (exact) mass is 269 g/mol. The Bertz CT molecular complexity index is 489. The zero-order valence-corrected chi connectivity index (χ0v) is 11.5. The summed E-state index contributed by atoms with van der Waals surface area (Å²) >= 11 is 0. The summed E-state index contributed by atoms with van der Waals surface area (Å²) in [6, 6.07) is 7.55. The molecule has 0 radical (unpaired) electrons. The highest BCUT2D eigenvalue weighted by molar-refractivity contribution is 7.90. The molecule has 0 aromatic heterocycles. The van der Waals surface area contributed by atoms with Gasteiger partial charge in [0.1, 0.15) is 0 Å². The lowest BCUT2D eigenvalue weighted by Gasteiger charge is -2.34. The number of ether oxygens (including phenoxy) is 1. The molecule has 0 aliphatic heterocycles. The third-order valence-electron chi connectivity index (χ3n) is 3.37. The molecular weight excluding hydrogens is 250 g/mol. The SMILES string of the molecule is COC1CC(NCc2ccc(S(C)(=O)=O)cc2)C1. The molecule has 5 heteroatoms. The molecule has 100 valence electrons. The first kappa shape index (κ1) is 13.5. The van der Waals surface area contributed by atoms with Gasteiger partial charge in [0.2, 0.25) is 0 Å². The third kappa shape index (κ3) is 3.31. The molecule has 2 rings (SSSR count). The van der Waals surface area contributed by atoms with E-state index in [4.69, 9.17) is 4.74 Å². The fraction of sp³-hybridized carbons (Fsp3) is 0.538. The first-order valence-electron chi connectivity index (χ1n) is 6.04. The normalized spacial score (nSPS) is 23.7. The molecule has 1 aliphatic carbocycles. The first-order chi connectivity index (χ1) is 8.49. The third-order valence-corrected chi connectivity index (χ3v) is 4.50. The summed E-state index contributed by atoms with van der Waals surface area (Å²) in [7, 11) is -1.35. The van der Waals surface area contributed by atoms with Gasteiger partial charge in [0.25, 0.3) is 0 Å². The molecule has 1 N–H and O–H groups in total. The Hall–Kier alpha value is -0.910. The smallest absolute Gasteiger partial charge is 0.175 e. The first-order valence-corrected chi connectivity index (χ1v) is 7.93. The molecule has 1 aromatic carbocycles. The van der Waals surface area contributed by atoms with Gasteiger partial charge in [0, 0.05) is 26.0 Å². The van der Waals surface area contributed by atoms with Crippen LogP contribution in [-0.2, 0) is 21.1 Å². The second kappa shape index (κ2) is 5.38. The van der Waals surface area contributed by atoms with E-state index >= 15 is 0 Å². The Morgan fingerprint density at radius 3 is 2.39 bits per heavy atom. The number of methoxy groups -OCH3 is 1. The van der Waals surface area contributed by atoms with E-state index in [1.54, 1.807) is 19.2 Å². The van der Waals surface area contributed by atoms with Gasteiger partial charge in [0.05, 0.1) is 11.0 Å². The fourth-order valence-corrected chi connectivity index (χ4v) is 2.67. The molecule has 0 saturated heterocycles. The lowest BCUT2D eigenvalue weighted by atomic mass is 9.89. The van der Waals surface area contributed by atoms with Crippen LogP contribution in [0.3, 0.4) is 0 Å². The maximum Gasteiger partial charge on any atom is 0.175 e. The highest BCUT2D eigenvalue weighted by Gasteiger charge is 2.28. The van der Waals surface area contributed by atoms with Crippen LogP contribution in [0.1, 0.15) is 18.4 Å². The summed E-state index contributed by atoms with van der Waals surface area (Å²) in [5.74, 6) is 0. The van der Waals surface area contributed by atoms with Crippen LogP contribution in [0.2, 0.25) is 0 Å². The molecule has 1 aromatic rings. The summed E-state index contributed by atoms with van der Waals surface area (Å²) in [4.78, 5) is 0.370. The van der Waals surface area contributed by atoms with E-state index in [0.717, 1.165) is 24.9 Å². The van der Waals surface area contributed by atoms with E-state index in [-0.39, 0.29) is 0 Å². The molecule has 0 atom stereocenters. The molecule has 4 nitrogen and oxygen atoms in total. The fourth-order valence-electron chi connectivity index (χ4n) is 2.04. The van der Waals surface area contributed by atoms with Crippen molar-refractivity contribution in [3.8, 4) is 0 Å². The van der Waals surface area contributed by atoms with Crippen molar-refractivity contribution in [3.63, 3.8) is 0 Å². The minimum atomic E-state index is -3.09. The molecular formula is C13H19NO3S. The predicted octanol–water partition coefficient (Wildman–Crippen LogP) is 1.36. The number of nitrogens with one attached hydrogen (secondary N) is 1. The predicted molar refractivity (Wildman–Crippen MR) is 70.2 cm³/mol. The molecule has 1 saturated carbocycles. The molecule has 0 bridgehead atoms. The van der Waals surface area contributed by atoms with E-state index in [2.05, 4.69) is 5.32 Å². The summed E-state index contributed by atoms with van der Waals surface area (Å²) in [5, 5.41) is 3.43. The number of rotatable bonds is 5. The van der Waals surface area contributed by atoms with Crippen LogP contribution in [0, 0.1) is 0 Å². The van der Waals surface area contributed by atoms with Crippen molar-refractivity contribution in [1.29, 1.82) is 0 Å². The maximum atomic E-state index is 11.3. The zero-order valence-electron chi connectivity index (χ0n) is 10.7. The van der Waals surface area contributed by atoms with Gasteiger partial charge in [-0.05, 0) is 30.5 Å². The lowest BCUT2D eigenvalue weighted by molar-refractivity contribution is 0.0170. The summed E-state index contributed by atoms with van der Waals surface area (Å²) in [5.41, 5.74) is 1.10. The largest absolute Gasteiger partial charge is 0.381 e. The lowest BCUT2D eigenvalue weighted by Crippen LogP contribution is -2.44. The van der Waals surface area contributed by atoms with E-state index in [1.165, 1.54) is 6.26 Å². The maximum absolute atomic E-state index is 11.3. The van der Waals surface area contributed by atoms with Gasteiger partial charge in [-0.2, -0.15) is 0 Å². The van der Waals surface area contributed by atoms with E-state index in [1.807, 2.05) is 12.1 Å². The van der Waals surface area contributed by atoms with Crippen LogP contribution < -0.4 is 5.32 Å². The summed E-state index contributed by atoms with van der Waals surface area (Å²) in [6.07, 6.45) is 3.73. The summed E-state index contributed by atoms with van der Waals surface area (Å²) in [6.45, 7) is 0.769. The number of benzene rings is 1. The van der Waals surface area contributed by atoms with Gasteiger partial charge in [-0.15, -0.1) is 0 Å². The van der Waals surface area contributed by atoms with Crippen molar-refractivity contribution >= 4 is 9.84 Å². The molecule has 0 spiro atoms. The van der Waals surface area contributed by atoms with Crippen LogP contribution in [0.25, 0.3) is 0 Å². The molecule has 0 unspecified atom stereocenters. The average molecular weight is 269 g/mol. The molecule has 1 aliphatic rings. The van der Waals surface area contributed by atoms with Crippen molar-refractivity contribution in [2.75, 3.05) is 13.4 Å². The van der Waals surface area contributed by atoms with Gasteiger partial charge in [-0.3, -0.25) is 0 Å². The Kier molecular flexibility index (Phi) is 4.04. The van der Waals surface area contributed by atoms with Crippen molar-refractivity contribution in [2.24, 2.45) is 0 Å². The van der Waals surface area contributed by atoms with E-state index < -0.39 is 9.84 Å². The topological polar surface area (TPSA) is 55.4 Å². The number of hydrogen-bond donors (Lipinski definition) is 1. The number of hydrogen-bond acceptors (Lipinski definition) is 4. The van der Waals surface area contributed by atoms with Crippen LogP contribution in [-0.4, -0.2) is 33.9 Å². The Morgan fingerprint density at radius 1 is 1.28 bits per heavy atom. The van der Waals surface area contributed by atoms with Crippen LogP contribution in [0.5, 0.6) is 0 Å². The summed E-state index contributed by atoms with van der Waals surface area (Å²) < 4.78 is 27.8. The van der Waals surface area contributed by atoms with Gasteiger partial charge < -0.3 is 10.1 Å². The highest BCUT2D eigenvalue weighted by atomic mass is 32.2. The second-order valence-electron chi connectivity index (χ2n) is 4.82. The van der Waals surface area contributed by atoms with Gasteiger partial charge in [-0.25, -0.2) is 8.42 Å². The molecule has 18 heavy (non-hydrogen) atoms. The molecule has 0 amide bonds. The van der Waals surface area contributed by atoms with Crippen LogP contribution in [0.15, 0.2) is 29.2 Å². The van der Waals surface area contributed by atoms with Crippen LogP contribution in [0.4, 0.5) is 0 Å². The second-order valence-corrected chi connectivity index (χ2v) is 6.84. The number of sulfone groups is 1. The van der Waals surface area contributed by atoms with E-state index in [0.29, 0.717) is 17.0 Å². The van der Waals surface area contributed by atoms with Crippen molar-refractivity contribution in [1.82, 2.24) is 5.32 Å². The standard InChI is InChI=1S/C13H19NO3S/c1-17-12-7-11(8-12)14-9-10-3-5-13(6-4-10)18(2,15)16/h3-6,11-12,14H,7-9H2,1-2H3. The van der Waals surface area contributed by atoms with Gasteiger partial charge in [0.15, 0.2) is 9.84 Å². The Morgan fingerprint density at radius 2 is 1.89 bits per heavy atom. The van der Waals surface area contributed by atoms with Crippen molar-refractivity contribution in [3.05, 3.63) is 29.8 Å². The molecule has 0 heterocycles. The van der Waals surface area contributed by atoms with Crippen molar-refractivity contribution in [2.45, 2.75) is 36.4 Å². The van der Waals surface area contributed by atoms with Gasteiger partial charge >= 0.3 is 0 Å². The zero-order chi connectivity index (χ0) is 13.2. The quantitative estimate of drug-likeness (QED) is 0.877. The van der Waals surface area contributed by atoms with Gasteiger partial charge in [-0.1, -0.05) is 12.1 Å². The molecule has 1 fully saturated rings. The highest BCUT2D eigenvalue weighted by Crippen LogP contribution is 2.22. The van der Waals surface area contributed by atoms with E-state index in [9.17, 15) is 8.42 Å². The van der Waals surface area contributed by atoms with Crippen molar-refractivity contribution < 1.29 is 13.2 Å². The minimum Gasteiger partial charge on any atom is -0.381 e.